The molecule has 1 aromatic rings. The molecule has 3 nitrogen and oxygen atoms in total. The first-order valence-electron chi connectivity index (χ1n) is 5.47. The minimum atomic E-state index is -0.929. The second kappa shape index (κ2) is 5.12. The number of aryl methyl sites for hydroxylation is 2. The predicted molar refractivity (Wildman–Crippen MR) is 64.6 cm³/mol. The molecule has 0 aliphatic heterocycles. The number of nitrogens with two attached hydrogens (primary N) is 1. The Morgan fingerprint density at radius 1 is 1.31 bits per heavy atom. The molecular formula is C13H19NO2. The number of hydrogen-bond acceptors (Lipinski definition) is 2. The second-order valence-electron chi connectivity index (χ2n) is 4.27. The number of carboxylic acids is 1. The highest BCUT2D eigenvalue weighted by Crippen LogP contribution is 2.18. The third kappa shape index (κ3) is 2.83. The van der Waals surface area contributed by atoms with Gasteiger partial charge >= 0.3 is 5.97 Å². The van der Waals surface area contributed by atoms with E-state index in [9.17, 15) is 4.79 Å². The van der Waals surface area contributed by atoms with Gasteiger partial charge in [0, 0.05) is 0 Å². The van der Waals surface area contributed by atoms with Crippen LogP contribution in [0.25, 0.3) is 0 Å². The summed E-state index contributed by atoms with van der Waals surface area (Å²) in [5, 5.41) is 8.70. The van der Waals surface area contributed by atoms with Crippen LogP contribution in [-0.2, 0) is 11.2 Å². The maximum Gasteiger partial charge on any atom is 0.320 e. The first-order chi connectivity index (χ1) is 7.43. The molecule has 0 heterocycles. The molecule has 0 saturated heterocycles. The predicted octanol–water partition coefficient (Wildman–Crippen LogP) is 1.96. The fraction of sp³-hybridized carbons (Fsp3) is 0.462. The monoisotopic (exact) mass is 221 g/mol. The third-order valence-electron chi connectivity index (χ3n) is 3.21. The molecule has 3 heteroatoms. The van der Waals surface area contributed by atoms with E-state index in [1.807, 2.05) is 0 Å². The first-order valence-corrected chi connectivity index (χ1v) is 5.47. The van der Waals surface area contributed by atoms with Crippen molar-refractivity contribution in [2.75, 3.05) is 0 Å². The van der Waals surface area contributed by atoms with Gasteiger partial charge in [-0.15, -0.1) is 0 Å². The van der Waals surface area contributed by atoms with Gasteiger partial charge in [-0.05, 0) is 55.9 Å². The molecule has 0 aliphatic rings. The number of hydrogen-bond donors (Lipinski definition) is 2. The number of rotatable bonds is 4. The van der Waals surface area contributed by atoms with Crippen LogP contribution in [0.3, 0.4) is 0 Å². The maximum absolute atomic E-state index is 10.6. The Labute approximate surface area is 96.3 Å². The van der Waals surface area contributed by atoms with Crippen molar-refractivity contribution in [1.82, 2.24) is 0 Å². The summed E-state index contributed by atoms with van der Waals surface area (Å²) in [4.78, 5) is 10.6. The summed E-state index contributed by atoms with van der Waals surface area (Å²) in [6.45, 7) is 6.24. The Hall–Kier alpha value is -1.35. The van der Waals surface area contributed by atoms with Gasteiger partial charge in [-0.2, -0.15) is 0 Å². The molecule has 16 heavy (non-hydrogen) atoms. The van der Waals surface area contributed by atoms with Crippen LogP contribution in [0, 0.1) is 20.8 Å². The van der Waals surface area contributed by atoms with E-state index in [4.69, 9.17) is 10.8 Å². The molecule has 1 atom stereocenters. The molecule has 0 spiro atoms. The molecule has 1 aromatic carbocycles. The average Bonchev–Trinajstić information content (AvgIpc) is 2.24. The van der Waals surface area contributed by atoms with Crippen LogP contribution in [0.5, 0.6) is 0 Å². The maximum atomic E-state index is 10.6. The summed E-state index contributed by atoms with van der Waals surface area (Å²) in [5.74, 6) is -0.929. The Kier molecular flexibility index (Phi) is 4.07. The highest BCUT2D eigenvalue weighted by molar-refractivity contribution is 5.73. The summed E-state index contributed by atoms with van der Waals surface area (Å²) in [6, 6.07) is 3.37. The summed E-state index contributed by atoms with van der Waals surface area (Å²) < 4.78 is 0. The van der Waals surface area contributed by atoms with E-state index in [-0.39, 0.29) is 0 Å². The van der Waals surface area contributed by atoms with Crippen molar-refractivity contribution < 1.29 is 9.90 Å². The summed E-state index contributed by atoms with van der Waals surface area (Å²) in [7, 11) is 0. The van der Waals surface area contributed by atoms with Crippen molar-refractivity contribution in [3.63, 3.8) is 0 Å². The molecule has 0 amide bonds. The van der Waals surface area contributed by atoms with E-state index in [1.165, 1.54) is 22.3 Å². The number of carbonyl (C=O) groups is 1. The van der Waals surface area contributed by atoms with E-state index in [0.717, 1.165) is 6.42 Å². The molecule has 0 radical (unpaired) electrons. The first kappa shape index (κ1) is 12.7. The fourth-order valence-electron chi connectivity index (χ4n) is 1.72. The smallest absolute Gasteiger partial charge is 0.320 e. The molecule has 1 rings (SSSR count). The highest BCUT2D eigenvalue weighted by atomic mass is 16.4. The van der Waals surface area contributed by atoms with Gasteiger partial charge < -0.3 is 10.8 Å². The van der Waals surface area contributed by atoms with Gasteiger partial charge in [-0.3, -0.25) is 4.79 Å². The van der Waals surface area contributed by atoms with E-state index >= 15 is 0 Å². The zero-order valence-electron chi connectivity index (χ0n) is 10.1. The van der Waals surface area contributed by atoms with Crippen LogP contribution >= 0.6 is 0 Å². The molecule has 3 N–H and O–H groups in total. The zero-order chi connectivity index (χ0) is 12.3. The van der Waals surface area contributed by atoms with Gasteiger partial charge in [-0.25, -0.2) is 0 Å². The van der Waals surface area contributed by atoms with Crippen LogP contribution in [0.2, 0.25) is 0 Å². The Morgan fingerprint density at radius 2 is 1.94 bits per heavy atom. The highest BCUT2D eigenvalue weighted by Gasteiger charge is 2.12. The van der Waals surface area contributed by atoms with Crippen LogP contribution < -0.4 is 5.73 Å². The Bertz CT molecular complexity index is 399. The Balaban J connectivity index is 2.75. The van der Waals surface area contributed by atoms with Gasteiger partial charge in [0.2, 0.25) is 0 Å². The van der Waals surface area contributed by atoms with Crippen molar-refractivity contribution in [1.29, 1.82) is 0 Å². The molecule has 0 bridgehead atoms. The topological polar surface area (TPSA) is 63.3 Å². The molecule has 0 aromatic heterocycles. The normalized spacial score (nSPS) is 12.5. The molecule has 0 aliphatic carbocycles. The lowest BCUT2D eigenvalue weighted by Crippen LogP contribution is -2.30. The molecule has 0 saturated carbocycles. The van der Waals surface area contributed by atoms with Gasteiger partial charge in [0.05, 0.1) is 0 Å². The van der Waals surface area contributed by atoms with Crippen LogP contribution in [0.15, 0.2) is 12.1 Å². The largest absolute Gasteiger partial charge is 0.480 e. The second-order valence-corrected chi connectivity index (χ2v) is 4.27. The van der Waals surface area contributed by atoms with Crippen LogP contribution in [-0.4, -0.2) is 17.1 Å². The van der Waals surface area contributed by atoms with Crippen molar-refractivity contribution >= 4 is 5.97 Å². The van der Waals surface area contributed by atoms with Crippen LogP contribution in [0.1, 0.15) is 28.7 Å². The van der Waals surface area contributed by atoms with Crippen LogP contribution in [0.4, 0.5) is 0 Å². The lowest BCUT2D eigenvalue weighted by atomic mass is 9.95. The molecule has 0 fully saturated rings. The Morgan fingerprint density at radius 3 is 2.50 bits per heavy atom. The number of benzene rings is 1. The lowest BCUT2D eigenvalue weighted by molar-refractivity contribution is -0.138. The van der Waals surface area contributed by atoms with Crippen molar-refractivity contribution in [3.05, 3.63) is 34.4 Å². The van der Waals surface area contributed by atoms with Gasteiger partial charge in [-0.1, -0.05) is 12.1 Å². The van der Waals surface area contributed by atoms with E-state index in [1.54, 1.807) is 0 Å². The lowest BCUT2D eigenvalue weighted by Gasteiger charge is -2.12. The summed E-state index contributed by atoms with van der Waals surface area (Å²) in [5.41, 5.74) is 10.5. The summed E-state index contributed by atoms with van der Waals surface area (Å²) >= 11 is 0. The van der Waals surface area contributed by atoms with Gasteiger partial charge in [0.1, 0.15) is 6.04 Å². The van der Waals surface area contributed by atoms with Crippen molar-refractivity contribution in [2.24, 2.45) is 5.73 Å². The number of carboxylic acid groups (broad SMARTS) is 1. The van der Waals surface area contributed by atoms with E-state index in [2.05, 4.69) is 32.9 Å². The molecular weight excluding hydrogens is 202 g/mol. The minimum Gasteiger partial charge on any atom is -0.480 e. The SMILES string of the molecule is Cc1ccc(CCC(N)C(=O)O)c(C)c1C. The minimum absolute atomic E-state index is 0.485. The summed E-state index contributed by atoms with van der Waals surface area (Å²) in [6.07, 6.45) is 1.21. The zero-order valence-corrected chi connectivity index (χ0v) is 10.1. The van der Waals surface area contributed by atoms with Gasteiger partial charge in [0.25, 0.3) is 0 Å². The van der Waals surface area contributed by atoms with Crippen molar-refractivity contribution in [2.45, 2.75) is 39.7 Å². The van der Waals surface area contributed by atoms with E-state index < -0.39 is 12.0 Å². The quantitative estimate of drug-likeness (QED) is 0.817. The average molecular weight is 221 g/mol. The van der Waals surface area contributed by atoms with Gasteiger partial charge in [0.15, 0.2) is 0 Å². The molecule has 88 valence electrons. The fourth-order valence-corrected chi connectivity index (χ4v) is 1.72. The van der Waals surface area contributed by atoms with E-state index in [0.29, 0.717) is 6.42 Å². The standard InChI is InChI=1S/C13H19NO2/c1-8-4-5-11(10(3)9(8)2)6-7-12(14)13(15)16/h4-5,12H,6-7,14H2,1-3H3,(H,15,16). The molecule has 1 unspecified atom stereocenters. The number of aliphatic carboxylic acids is 1. The third-order valence-corrected chi connectivity index (χ3v) is 3.21. The van der Waals surface area contributed by atoms with Crippen molar-refractivity contribution in [3.8, 4) is 0 Å².